The summed E-state index contributed by atoms with van der Waals surface area (Å²) in [6.07, 6.45) is 5.87. The smallest absolute Gasteiger partial charge is 0.289 e. The Balaban J connectivity index is 2.10. The molecule has 4 nitrogen and oxygen atoms in total. The van der Waals surface area contributed by atoms with Gasteiger partial charge in [0.2, 0.25) is 0 Å². The fraction of sp³-hybridized carbons (Fsp3) is 0.643. The summed E-state index contributed by atoms with van der Waals surface area (Å²) in [7, 11) is 0. The van der Waals surface area contributed by atoms with Crippen LogP contribution < -0.4 is 5.73 Å². The largest absolute Gasteiger partial charge is 0.456 e. The number of furan rings is 1. The third kappa shape index (κ3) is 2.93. The highest BCUT2D eigenvalue weighted by atomic mass is 16.3. The van der Waals surface area contributed by atoms with E-state index in [9.17, 15) is 4.79 Å². The highest BCUT2D eigenvalue weighted by Crippen LogP contribution is 2.24. The highest BCUT2D eigenvalue weighted by molar-refractivity contribution is 5.91. The second-order valence-corrected chi connectivity index (χ2v) is 4.99. The predicted molar refractivity (Wildman–Crippen MR) is 70.4 cm³/mol. The molecule has 0 radical (unpaired) electrons. The number of nitrogens with zero attached hydrogens (tertiary/aromatic N) is 1. The molecule has 1 amide bonds. The summed E-state index contributed by atoms with van der Waals surface area (Å²) in [6, 6.07) is 3.92. The molecule has 0 spiro atoms. The van der Waals surface area contributed by atoms with E-state index in [2.05, 4.69) is 0 Å². The molecule has 2 N–H and O–H groups in total. The number of amides is 1. The highest BCUT2D eigenvalue weighted by Gasteiger charge is 2.27. The molecule has 1 saturated carbocycles. The lowest BCUT2D eigenvalue weighted by atomic mass is 9.94. The minimum absolute atomic E-state index is 0.0135. The van der Waals surface area contributed by atoms with Crippen LogP contribution in [0.2, 0.25) is 0 Å². The van der Waals surface area contributed by atoms with E-state index in [1.54, 1.807) is 6.07 Å². The van der Waals surface area contributed by atoms with E-state index >= 15 is 0 Å². The fourth-order valence-electron chi connectivity index (χ4n) is 2.67. The minimum Gasteiger partial charge on any atom is -0.456 e. The van der Waals surface area contributed by atoms with Crippen molar-refractivity contribution in [3.05, 3.63) is 23.7 Å². The first kappa shape index (κ1) is 13.1. The van der Waals surface area contributed by atoms with Gasteiger partial charge in [-0.25, -0.2) is 0 Å². The fourth-order valence-corrected chi connectivity index (χ4v) is 2.67. The molecule has 1 heterocycles. The van der Waals surface area contributed by atoms with Crippen LogP contribution in [0.1, 0.15) is 48.4 Å². The zero-order valence-electron chi connectivity index (χ0n) is 11.0. The Morgan fingerprint density at radius 1 is 1.39 bits per heavy atom. The normalized spacial score (nSPS) is 16.8. The van der Waals surface area contributed by atoms with Crippen molar-refractivity contribution in [3.8, 4) is 0 Å². The topological polar surface area (TPSA) is 59.5 Å². The molecule has 0 saturated heterocycles. The minimum atomic E-state index is -0.0135. The summed E-state index contributed by atoms with van der Waals surface area (Å²) in [5.41, 5.74) is 5.63. The summed E-state index contributed by atoms with van der Waals surface area (Å²) < 4.78 is 5.43. The Bertz CT molecular complexity index is 394. The average molecular weight is 250 g/mol. The zero-order chi connectivity index (χ0) is 13.0. The van der Waals surface area contributed by atoms with E-state index < -0.39 is 0 Å². The summed E-state index contributed by atoms with van der Waals surface area (Å²) >= 11 is 0. The van der Waals surface area contributed by atoms with Crippen LogP contribution in [0.5, 0.6) is 0 Å². The molecule has 0 atom stereocenters. The molecule has 0 aromatic carbocycles. The van der Waals surface area contributed by atoms with E-state index in [4.69, 9.17) is 10.2 Å². The van der Waals surface area contributed by atoms with Gasteiger partial charge in [0.15, 0.2) is 5.76 Å². The number of carbonyl (C=O) groups is 1. The summed E-state index contributed by atoms with van der Waals surface area (Å²) in [5.74, 6) is 1.20. The van der Waals surface area contributed by atoms with Crippen LogP contribution in [-0.4, -0.2) is 29.9 Å². The van der Waals surface area contributed by atoms with Gasteiger partial charge in [0.1, 0.15) is 5.76 Å². The lowest BCUT2D eigenvalue weighted by molar-refractivity contribution is 0.0608. The van der Waals surface area contributed by atoms with Crippen molar-refractivity contribution in [2.45, 2.75) is 45.1 Å². The molecule has 0 unspecified atom stereocenters. The van der Waals surface area contributed by atoms with Gasteiger partial charge in [0.05, 0.1) is 0 Å². The number of hydrogen-bond acceptors (Lipinski definition) is 3. The average Bonchev–Trinajstić information content (AvgIpc) is 2.83. The van der Waals surface area contributed by atoms with E-state index in [0.29, 0.717) is 24.9 Å². The third-order valence-corrected chi connectivity index (χ3v) is 3.60. The molecule has 1 aliphatic rings. The molecule has 4 heteroatoms. The van der Waals surface area contributed by atoms with Gasteiger partial charge in [0.25, 0.3) is 5.91 Å². The van der Waals surface area contributed by atoms with Crippen LogP contribution in [-0.2, 0) is 0 Å². The zero-order valence-corrected chi connectivity index (χ0v) is 11.0. The Morgan fingerprint density at radius 3 is 2.67 bits per heavy atom. The number of carbonyl (C=O) groups excluding carboxylic acids is 1. The molecule has 1 fully saturated rings. The van der Waals surface area contributed by atoms with E-state index in [1.165, 1.54) is 19.3 Å². The maximum absolute atomic E-state index is 12.4. The molecule has 1 aromatic heterocycles. The standard InChI is InChI=1S/C14H22N2O2/c1-11-7-8-13(18-11)14(17)16(10-9-15)12-5-3-2-4-6-12/h7-8,12H,2-6,9-10,15H2,1H3. The van der Waals surface area contributed by atoms with Gasteiger partial charge in [-0.05, 0) is 31.9 Å². The summed E-state index contributed by atoms with van der Waals surface area (Å²) in [4.78, 5) is 14.3. The summed E-state index contributed by atoms with van der Waals surface area (Å²) in [5, 5.41) is 0. The maximum Gasteiger partial charge on any atom is 0.289 e. The Labute approximate surface area is 108 Å². The van der Waals surface area contributed by atoms with E-state index in [1.807, 2.05) is 17.9 Å². The van der Waals surface area contributed by atoms with Crippen molar-refractivity contribution in [2.24, 2.45) is 5.73 Å². The van der Waals surface area contributed by atoms with Crippen LogP contribution >= 0.6 is 0 Å². The first-order valence-corrected chi connectivity index (χ1v) is 6.80. The van der Waals surface area contributed by atoms with Crippen LogP contribution in [0.15, 0.2) is 16.5 Å². The number of hydrogen-bond donors (Lipinski definition) is 1. The molecule has 2 rings (SSSR count). The van der Waals surface area contributed by atoms with Crippen molar-refractivity contribution < 1.29 is 9.21 Å². The van der Waals surface area contributed by atoms with Crippen LogP contribution in [0.4, 0.5) is 0 Å². The molecule has 100 valence electrons. The molecule has 1 aromatic rings. The molecule has 0 bridgehead atoms. The quantitative estimate of drug-likeness (QED) is 0.892. The van der Waals surface area contributed by atoms with Gasteiger partial charge in [-0.15, -0.1) is 0 Å². The Hall–Kier alpha value is -1.29. The van der Waals surface area contributed by atoms with Crippen molar-refractivity contribution in [1.29, 1.82) is 0 Å². The molecular formula is C14H22N2O2. The molecule has 1 aliphatic carbocycles. The van der Waals surface area contributed by atoms with Gasteiger partial charge >= 0.3 is 0 Å². The maximum atomic E-state index is 12.4. The lowest BCUT2D eigenvalue weighted by Crippen LogP contribution is -2.44. The molecule has 0 aliphatic heterocycles. The Kier molecular flexibility index (Phi) is 4.42. The van der Waals surface area contributed by atoms with E-state index in [-0.39, 0.29) is 5.91 Å². The van der Waals surface area contributed by atoms with Gasteiger partial charge in [-0.1, -0.05) is 19.3 Å². The van der Waals surface area contributed by atoms with Crippen LogP contribution in [0.25, 0.3) is 0 Å². The first-order chi connectivity index (χ1) is 8.72. The number of aryl methyl sites for hydroxylation is 1. The first-order valence-electron chi connectivity index (χ1n) is 6.80. The monoisotopic (exact) mass is 250 g/mol. The Morgan fingerprint density at radius 2 is 2.11 bits per heavy atom. The van der Waals surface area contributed by atoms with Gasteiger partial charge < -0.3 is 15.1 Å². The lowest BCUT2D eigenvalue weighted by Gasteiger charge is -2.33. The molecule has 18 heavy (non-hydrogen) atoms. The second-order valence-electron chi connectivity index (χ2n) is 4.99. The van der Waals surface area contributed by atoms with Crippen molar-refractivity contribution in [3.63, 3.8) is 0 Å². The van der Waals surface area contributed by atoms with Crippen LogP contribution in [0, 0.1) is 6.92 Å². The van der Waals surface area contributed by atoms with Crippen molar-refractivity contribution >= 4 is 5.91 Å². The van der Waals surface area contributed by atoms with Crippen LogP contribution in [0.3, 0.4) is 0 Å². The number of nitrogens with two attached hydrogens (primary N) is 1. The second kappa shape index (κ2) is 6.05. The van der Waals surface area contributed by atoms with Gasteiger partial charge in [-0.2, -0.15) is 0 Å². The predicted octanol–water partition coefficient (Wildman–Crippen LogP) is 2.32. The van der Waals surface area contributed by atoms with Gasteiger partial charge in [0, 0.05) is 19.1 Å². The number of rotatable bonds is 4. The SMILES string of the molecule is Cc1ccc(C(=O)N(CCN)C2CCCCC2)o1. The van der Waals surface area contributed by atoms with Crippen molar-refractivity contribution in [2.75, 3.05) is 13.1 Å². The van der Waals surface area contributed by atoms with Gasteiger partial charge in [-0.3, -0.25) is 4.79 Å². The third-order valence-electron chi connectivity index (χ3n) is 3.60. The molecular weight excluding hydrogens is 228 g/mol. The van der Waals surface area contributed by atoms with Crippen molar-refractivity contribution in [1.82, 2.24) is 4.90 Å². The van der Waals surface area contributed by atoms with E-state index in [0.717, 1.165) is 18.6 Å². The summed E-state index contributed by atoms with van der Waals surface area (Å²) in [6.45, 7) is 2.97.